The van der Waals surface area contributed by atoms with Crippen LogP contribution in [0.3, 0.4) is 0 Å². The average Bonchev–Trinajstić information content (AvgIpc) is 1.85. The molecule has 2 nitrogen and oxygen atoms in total. The fraction of sp³-hybridized carbons (Fsp3) is 0.250. The highest BCUT2D eigenvalue weighted by Crippen LogP contribution is 2.17. The lowest BCUT2D eigenvalue weighted by Crippen LogP contribution is -2.04. The molecule has 3 heteroatoms. The topological polar surface area (TPSA) is 52.0 Å². The van der Waals surface area contributed by atoms with Crippen molar-refractivity contribution in [2.24, 2.45) is 5.73 Å². The molecule has 1 rings (SSSR count). The lowest BCUT2D eigenvalue weighted by molar-refractivity contribution is 0.626. The lowest BCUT2D eigenvalue weighted by Gasteiger charge is -2.06. The maximum absolute atomic E-state index is 12.6. The summed E-state index contributed by atoms with van der Waals surface area (Å²) in [5.74, 6) is -0.308. The van der Waals surface area contributed by atoms with Crippen molar-refractivity contribution < 1.29 is 4.39 Å². The third kappa shape index (κ3) is 1.49. The summed E-state index contributed by atoms with van der Waals surface area (Å²) < 4.78 is 12.6. The molecular formula is C8H11FN2. The number of nitrogen functional groups attached to an aromatic ring is 1. The highest BCUT2D eigenvalue weighted by atomic mass is 19.1. The van der Waals surface area contributed by atoms with Crippen molar-refractivity contribution in [2.75, 3.05) is 5.73 Å². The van der Waals surface area contributed by atoms with Crippen LogP contribution in [-0.4, -0.2) is 0 Å². The van der Waals surface area contributed by atoms with Crippen molar-refractivity contribution in [3.05, 3.63) is 29.1 Å². The zero-order chi connectivity index (χ0) is 8.43. The molecule has 0 saturated carbocycles. The van der Waals surface area contributed by atoms with Gasteiger partial charge >= 0.3 is 0 Å². The Morgan fingerprint density at radius 1 is 1.45 bits per heavy atom. The second kappa shape index (κ2) is 2.88. The van der Waals surface area contributed by atoms with Crippen molar-refractivity contribution in [3.8, 4) is 0 Å². The molecule has 4 N–H and O–H groups in total. The Kier molecular flexibility index (Phi) is 2.10. The van der Waals surface area contributed by atoms with E-state index in [1.165, 1.54) is 12.1 Å². The van der Waals surface area contributed by atoms with E-state index in [4.69, 9.17) is 11.5 Å². The number of hydrogen-bond donors (Lipinski definition) is 2. The molecule has 0 aliphatic carbocycles. The second-order valence-corrected chi connectivity index (χ2v) is 2.49. The molecule has 0 aliphatic rings. The molecule has 0 bridgehead atoms. The minimum atomic E-state index is -0.308. The number of hydrogen-bond acceptors (Lipinski definition) is 2. The van der Waals surface area contributed by atoms with Gasteiger partial charge in [0.05, 0.1) is 0 Å². The van der Waals surface area contributed by atoms with E-state index < -0.39 is 0 Å². The first kappa shape index (κ1) is 8.01. The summed E-state index contributed by atoms with van der Waals surface area (Å²) >= 11 is 0. The van der Waals surface area contributed by atoms with E-state index in [1.807, 2.05) is 0 Å². The molecule has 11 heavy (non-hydrogen) atoms. The van der Waals surface area contributed by atoms with Crippen LogP contribution in [0.15, 0.2) is 12.1 Å². The van der Waals surface area contributed by atoms with Crippen LogP contribution in [0.1, 0.15) is 11.1 Å². The Bertz CT molecular complexity index is 248. The van der Waals surface area contributed by atoms with Gasteiger partial charge in [0.15, 0.2) is 0 Å². The minimum Gasteiger partial charge on any atom is -0.398 e. The number of benzene rings is 1. The van der Waals surface area contributed by atoms with Crippen molar-refractivity contribution >= 4 is 5.69 Å². The largest absolute Gasteiger partial charge is 0.398 e. The first-order chi connectivity index (χ1) is 5.15. The molecule has 0 unspecified atom stereocenters. The summed E-state index contributed by atoms with van der Waals surface area (Å²) in [4.78, 5) is 0. The lowest BCUT2D eigenvalue weighted by atomic mass is 10.1. The van der Waals surface area contributed by atoms with Crippen molar-refractivity contribution in [1.29, 1.82) is 0 Å². The molecule has 0 atom stereocenters. The number of nitrogens with two attached hydrogens (primary N) is 2. The minimum absolute atomic E-state index is 0.308. The highest BCUT2D eigenvalue weighted by Gasteiger charge is 2.02. The quantitative estimate of drug-likeness (QED) is 0.597. The fourth-order valence-electron chi connectivity index (χ4n) is 1.08. The maximum Gasteiger partial charge on any atom is 0.125 e. The van der Waals surface area contributed by atoms with E-state index >= 15 is 0 Å². The first-order valence-electron chi connectivity index (χ1n) is 3.39. The van der Waals surface area contributed by atoms with E-state index in [9.17, 15) is 4.39 Å². The molecule has 0 aromatic heterocycles. The molecule has 0 aliphatic heterocycles. The summed E-state index contributed by atoms with van der Waals surface area (Å²) in [6.07, 6.45) is 0. The Hall–Kier alpha value is -1.09. The molecule has 0 fully saturated rings. The number of aryl methyl sites for hydroxylation is 1. The zero-order valence-corrected chi connectivity index (χ0v) is 6.39. The van der Waals surface area contributed by atoms with Gasteiger partial charge in [0.1, 0.15) is 5.82 Å². The summed E-state index contributed by atoms with van der Waals surface area (Å²) in [5, 5.41) is 0. The Morgan fingerprint density at radius 3 is 2.55 bits per heavy atom. The van der Waals surface area contributed by atoms with E-state index in [-0.39, 0.29) is 5.82 Å². The normalized spacial score (nSPS) is 10.1. The molecule has 0 radical (unpaired) electrons. The maximum atomic E-state index is 12.6. The molecule has 0 spiro atoms. The molecule has 1 aromatic carbocycles. The SMILES string of the molecule is Cc1cc(F)cc(N)c1CN. The highest BCUT2D eigenvalue weighted by molar-refractivity contribution is 5.50. The Labute approximate surface area is 65.0 Å². The van der Waals surface area contributed by atoms with Crippen molar-refractivity contribution in [3.63, 3.8) is 0 Å². The molecule has 0 heterocycles. The Morgan fingerprint density at radius 2 is 2.09 bits per heavy atom. The van der Waals surface area contributed by atoms with E-state index in [2.05, 4.69) is 0 Å². The third-order valence-electron chi connectivity index (χ3n) is 1.68. The predicted octanol–water partition coefficient (Wildman–Crippen LogP) is 1.18. The van der Waals surface area contributed by atoms with Crippen LogP contribution in [-0.2, 0) is 6.54 Å². The van der Waals surface area contributed by atoms with Gasteiger partial charge in [-0.3, -0.25) is 0 Å². The molecule has 0 amide bonds. The summed E-state index contributed by atoms with van der Waals surface area (Å²) in [5.41, 5.74) is 13.0. The van der Waals surface area contributed by atoms with Crippen LogP contribution >= 0.6 is 0 Å². The van der Waals surface area contributed by atoms with Gasteiger partial charge < -0.3 is 11.5 Å². The van der Waals surface area contributed by atoms with Gasteiger partial charge in [-0.15, -0.1) is 0 Å². The molecular weight excluding hydrogens is 143 g/mol. The second-order valence-electron chi connectivity index (χ2n) is 2.49. The van der Waals surface area contributed by atoms with E-state index in [0.29, 0.717) is 12.2 Å². The van der Waals surface area contributed by atoms with Crippen LogP contribution in [0.25, 0.3) is 0 Å². The first-order valence-corrected chi connectivity index (χ1v) is 3.39. The van der Waals surface area contributed by atoms with E-state index in [0.717, 1.165) is 11.1 Å². The van der Waals surface area contributed by atoms with Gasteiger partial charge in [0.2, 0.25) is 0 Å². The number of halogens is 1. The summed E-state index contributed by atoms with van der Waals surface area (Å²) in [6.45, 7) is 2.15. The van der Waals surface area contributed by atoms with Gasteiger partial charge in [0, 0.05) is 12.2 Å². The van der Waals surface area contributed by atoms with Crippen LogP contribution < -0.4 is 11.5 Å². The summed E-state index contributed by atoms with van der Waals surface area (Å²) in [6, 6.07) is 2.72. The summed E-state index contributed by atoms with van der Waals surface area (Å²) in [7, 11) is 0. The van der Waals surface area contributed by atoms with Crippen LogP contribution in [0.5, 0.6) is 0 Å². The van der Waals surface area contributed by atoms with Gasteiger partial charge in [-0.25, -0.2) is 4.39 Å². The van der Waals surface area contributed by atoms with Crippen LogP contribution in [0.2, 0.25) is 0 Å². The molecule has 1 aromatic rings. The van der Waals surface area contributed by atoms with Crippen molar-refractivity contribution in [2.45, 2.75) is 13.5 Å². The molecule has 60 valence electrons. The number of anilines is 1. The van der Waals surface area contributed by atoms with Gasteiger partial charge in [-0.1, -0.05) is 0 Å². The zero-order valence-electron chi connectivity index (χ0n) is 6.39. The van der Waals surface area contributed by atoms with Gasteiger partial charge in [-0.05, 0) is 30.2 Å². The third-order valence-corrected chi connectivity index (χ3v) is 1.68. The predicted molar refractivity (Wildman–Crippen MR) is 43.4 cm³/mol. The fourth-order valence-corrected chi connectivity index (χ4v) is 1.08. The average molecular weight is 154 g/mol. The monoisotopic (exact) mass is 154 g/mol. The van der Waals surface area contributed by atoms with Gasteiger partial charge in [-0.2, -0.15) is 0 Å². The van der Waals surface area contributed by atoms with Gasteiger partial charge in [0.25, 0.3) is 0 Å². The van der Waals surface area contributed by atoms with Crippen LogP contribution in [0, 0.1) is 12.7 Å². The van der Waals surface area contributed by atoms with Crippen LogP contribution in [0.4, 0.5) is 10.1 Å². The number of rotatable bonds is 1. The molecule has 0 saturated heterocycles. The van der Waals surface area contributed by atoms with E-state index in [1.54, 1.807) is 6.92 Å². The Balaban J connectivity index is 3.25. The van der Waals surface area contributed by atoms with Crippen molar-refractivity contribution in [1.82, 2.24) is 0 Å². The smallest absolute Gasteiger partial charge is 0.125 e. The standard InChI is InChI=1S/C8H11FN2/c1-5-2-6(9)3-8(11)7(5)4-10/h2-3H,4,10-11H2,1H3.